The summed E-state index contributed by atoms with van der Waals surface area (Å²) in [6, 6.07) is 8.34. The van der Waals surface area contributed by atoms with Gasteiger partial charge in [-0.25, -0.2) is 9.59 Å². The Bertz CT molecular complexity index is 473. The highest BCUT2D eigenvalue weighted by molar-refractivity contribution is 5.79. The molecule has 0 aliphatic carbocycles. The van der Waals surface area contributed by atoms with E-state index in [2.05, 4.69) is 19.2 Å². The molecule has 5 heteroatoms. The third-order valence-electron chi connectivity index (χ3n) is 3.31. The van der Waals surface area contributed by atoms with Crippen LogP contribution >= 0.6 is 0 Å². The first-order valence-corrected chi connectivity index (χ1v) is 7.58. The molecule has 0 saturated heterocycles. The molecule has 0 saturated carbocycles. The molecular weight excluding hydrogens is 282 g/mol. The third-order valence-corrected chi connectivity index (χ3v) is 3.31. The molecule has 22 heavy (non-hydrogen) atoms. The van der Waals surface area contributed by atoms with Gasteiger partial charge in [-0.05, 0) is 30.2 Å². The topological polar surface area (TPSA) is 75.6 Å². The second kappa shape index (κ2) is 9.07. The van der Waals surface area contributed by atoms with Gasteiger partial charge in [-0.1, -0.05) is 51.1 Å². The molecule has 1 rings (SSSR count). The number of hydrogen-bond acceptors (Lipinski definition) is 3. The van der Waals surface area contributed by atoms with Crippen LogP contribution in [0.15, 0.2) is 30.3 Å². The van der Waals surface area contributed by atoms with E-state index in [0.717, 1.165) is 12.0 Å². The molecule has 0 aliphatic heterocycles. The van der Waals surface area contributed by atoms with E-state index in [1.165, 1.54) is 0 Å². The van der Waals surface area contributed by atoms with Crippen molar-refractivity contribution in [1.29, 1.82) is 0 Å². The van der Waals surface area contributed by atoms with Crippen LogP contribution in [-0.2, 0) is 16.1 Å². The van der Waals surface area contributed by atoms with Crippen LogP contribution in [0.5, 0.6) is 0 Å². The maximum absolute atomic E-state index is 11.7. The molecule has 5 nitrogen and oxygen atoms in total. The summed E-state index contributed by atoms with van der Waals surface area (Å²) in [7, 11) is 0. The quantitative estimate of drug-likeness (QED) is 0.771. The molecule has 2 atom stereocenters. The lowest BCUT2D eigenvalue weighted by Crippen LogP contribution is -2.42. The second-order valence-corrected chi connectivity index (χ2v) is 6.07. The molecule has 0 bridgehead atoms. The number of rotatable bonds is 8. The van der Waals surface area contributed by atoms with Gasteiger partial charge >= 0.3 is 12.1 Å². The average Bonchev–Trinajstić information content (AvgIpc) is 2.44. The van der Waals surface area contributed by atoms with Gasteiger partial charge in [0.05, 0.1) is 0 Å². The Labute approximate surface area is 131 Å². The van der Waals surface area contributed by atoms with Crippen LogP contribution in [0.4, 0.5) is 4.79 Å². The lowest BCUT2D eigenvalue weighted by atomic mass is 9.93. The monoisotopic (exact) mass is 307 g/mol. The summed E-state index contributed by atoms with van der Waals surface area (Å²) in [5.74, 6) is -0.322. The minimum absolute atomic E-state index is 0.126. The third kappa shape index (κ3) is 7.11. The molecule has 1 amide bonds. The number of alkyl carbamates (subject to hydrolysis) is 1. The van der Waals surface area contributed by atoms with Gasteiger partial charge in [-0.15, -0.1) is 0 Å². The maximum Gasteiger partial charge on any atom is 0.408 e. The smallest absolute Gasteiger partial charge is 0.408 e. The summed E-state index contributed by atoms with van der Waals surface area (Å²) in [5.41, 5.74) is 0.859. The zero-order valence-corrected chi connectivity index (χ0v) is 13.4. The van der Waals surface area contributed by atoms with Crippen molar-refractivity contribution in [2.75, 3.05) is 0 Å². The molecule has 0 heterocycles. The SMILES string of the molecule is CC(C)CC(C)CC(NC(=O)OCc1ccccc1)C(=O)O. The molecule has 1 aromatic rings. The van der Waals surface area contributed by atoms with Crippen LogP contribution < -0.4 is 5.32 Å². The van der Waals surface area contributed by atoms with Gasteiger partial charge < -0.3 is 15.2 Å². The number of carboxylic acids is 1. The van der Waals surface area contributed by atoms with Crippen LogP contribution in [0.2, 0.25) is 0 Å². The van der Waals surface area contributed by atoms with Crippen molar-refractivity contribution in [3.8, 4) is 0 Å². The lowest BCUT2D eigenvalue weighted by Gasteiger charge is -2.20. The van der Waals surface area contributed by atoms with Crippen LogP contribution in [0, 0.1) is 11.8 Å². The summed E-state index contributed by atoms with van der Waals surface area (Å²) in [6.45, 7) is 6.30. The zero-order chi connectivity index (χ0) is 16.5. The number of nitrogens with one attached hydrogen (secondary N) is 1. The number of amides is 1. The van der Waals surface area contributed by atoms with Gasteiger partial charge in [-0.3, -0.25) is 0 Å². The summed E-state index contributed by atoms with van der Waals surface area (Å²) in [5, 5.41) is 11.7. The van der Waals surface area contributed by atoms with Gasteiger partial charge in [0, 0.05) is 0 Å². The van der Waals surface area contributed by atoms with Crippen molar-refractivity contribution < 1.29 is 19.4 Å². The lowest BCUT2D eigenvalue weighted by molar-refractivity contribution is -0.139. The van der Waals surface area contributed by atoms with E-state index < -0.39 is 18.1 Å². The number of ether oxygens (including phenoxy) is 1. The number of aliphatic carboxylic acids is 1. The van der Waals surface area contributed by atoms with Crippen LogP contribution in [0.1, 0.15) is 39.2 Å². The number of carbonyl (C=O) groups excluding carboxylic acids is 1. The van der Waals surface area contributed by atoms with E-state index in [-0.39, 0.29) is 12.5 Å². The second-order valence-electron chi connectivity index (χ2n) is 6.07. The summed E-state index contributed by atoms with van der Waals surface area (Å²) in [6.07, 6.45) is 0.617. The number of carboxylic acid groups (broad SMARTS) is 1. The first kappa shape index (κ1) is 18.0. The molecular formula is C17H25NO4. The van der Waals surface area contributed by atoms with Crippen molar-refractivity contribution in [2.45, 2.75) is 46.3 Å². The largest absolute Gasteiger partial charge is 0.480 e. The predicted octanol–water partition coefficient (Wildman–Crippen LogP) is 3.44. The van der Waals surface area contributed by atoms with E-state index in [4.69, 9.17) is 4.74 Å². The van der Waals surface area contributed by atoms with Gasteiger partial charge in [0.25, 0.3) is 0 Å². The number of benzene rings is 1. The van der Waals surface area contributed by atoms with Gasteiger partial charge in [0.2, 0.25) is 0 Å². The van der Waals surface area contributed by atoms with Crippen molar-refractivity contribution in [2.24, 2.45) is 11.8 Å². The first-order valence-electron chi connectivity index (χ1n) is 7.58. The Morgan fingerprint density at radius 1 is 1.14 bits per heavy atom. The van der Waals surface area contributed by atoms with Crippen LogP contribution in [0.25, 0.3) is 0 Å². The fourth-order valence-corrected chi connectivity index (χ4v) is 2.43. The van der Waals surface area contributed by atoms with E-state index in [1.54, 1.807) is 0 Å². The highest BCUT2D eigenvalue weighted by Gasteiger charge is 2.23. The van der Waals surface area contributed by atoms with E-state index >= 15 is 0 Å². The molecule has 0 spiro atoms. The molecule has 0 radical (unpaired) electrons. The molecule has 0 fully saturated rings. The Morgan fingerprint density at radius 2 is 1.77 bits per heavy atom. The van der Waals surface area contributed by atoms with Gasteiger partial charge in [-0.2, -0.15) is 0 Å². The van der Waals surface area contributed by atoms with Crippen molar-refractivity contribution in [3.63, 3.8) is 0 Å². The molecule has 2 N–H and O–H groups in total. The summed E-state index contributed by atoms with van der Waals surface area (Å²) >= 11 is 0. The molecule has 122 valence electrons. The maximum atomic E-state index is 11.7. The molecule has 0 aromatic heterocycles. The highest BCUT2D eigenvalue weighted by atomic mass is 16.5. The number of carbonyl (C=O) groups is 2. The summed E-state index contributed by atoms with van der Waals surface area (Å²) < 4.78 is 5.06. The normalized spacial score (nSPS) is 13.5. The van der Waals surface area contributed by atoms with Gasteiger partial charge in [0.1, 0.15) is 12.6 Å². The Hall–Kier alpha value is -2.04. The predicted molar refractivity (Wildman–Crippen MR) is 84.4 cm³/mol. The fourth-order valence-electron chi connectivity index (χ4n) is 2.43. The van der Waals surface area contributed by atoms with Crippen molar-refractivity contribution >= 4 is 12.1 Å². The summed E-state index contributed by atoms with van der Waals surface area (Å²) in [4.78, 5) is 23.0. The Morgan fingerprint density at radius 3 is 2.32 bits per heavy atom. The minimum Gasteiger partial charge on any atom is -0.480 e. The first-order chi connectivity index (χ1) is 10.4. The average molecular weight is 307 g/mol. The molecule has 1 aromatic carbocycles. The van der Waals surface area contributed by atoms with E-state index in [1.807, 2.05) is 37.3 Å². The number of hydrogen-bond donors (Lipinski definition) is 2. The molecule has 0 aliphatic rings. The van der Waals surface area contributed by atoms with E-state index in [9.17, 15) is 14.7 Å². The minimum atomic E-state index is -1.03. The zero-order valence-electron chi connectivity index (χ0n) is 13.4. The van der Waals surface area contributed by atoms with Crippen LogP contribution in [-0.4, -0.2) is 23.2 Å². The van der Waals surface area contributed by atoms with E-state index in [0.29, 0.717) is 12.3 Å². The fraction of sp³-hybridized carbons (Fsp3) is 0.529. The van der Waals surface area contributed by atoms with Gasteiger partial charge in [0.15, 0.2) is 0 Å². The standard InChI is InChI=1S/C17H25NO4/c1-12(2)9-13(3)10-15(16(19)20)18-17(21)22-11-14-7-5-4-6-8-14/h4-8,12-13,15H,9-11H2,1-3H3,(H,18,21)(H,19,20). The van der Waals surface area contributed by atoms with Crippen LogP contribution in [0.3, 0.4) is 0 Å². The molecule has 2 unspecified atom stereocenters. The highest BCUT2D eigenvalue weighted by Crippen LogP contribution is 2.16. The Balaban J connectivity index is 2.45. The van der Waals surface area contributed by atoms with Crippen molar-refractivity contribution in [3.05, 3.63) is 35.9 Å². The van der Waals surface area contributed by atoms with Crippen molar-refractivity contribution in [1.82, 2.24) is 5.32 Å². The Kier molecular flexibility index (Phi) is 7.43.